The van der Waals surface area contributed by atoms with Crippen LogP contribution in [0.2, 0.25) is 0 Å². The van der Waals surface area contributed by atoms with Gasteiger partial charge in [0.1, 0.15) is 12.1 Å². The Morgan fingerprint density at radius 2 is 2.00 bits per heavy atom. The topological polar surface area (TPSA) is 47.0 Å². The highest BCUT2D eigenvalue weighted by Crippen LogP contribution is 2.12. The number of nitrogens with zero attached hydrogens (tertiary/aromatic N) is 2. The summed E-state index contributed by atoms with van der Waals surface area (Å²) in [7, 11) is 0. The minimum Gasteiger partial charge on any atom is -0.475 e. The Hall–Kier alpha value is -1.32. The molecule has 1 aromatic rings. The summed E-state index contributed by atoms with van der Waals surface area (Å²) in [5.41, 5.74) is 0. The second-order valence-corrected chi connectivity index (χ2v) is 4.87. The lowest BCUT2D eigenvalue weighted by Gasteiger charge is -2.10. The fourth-order valence-electron chi connectivity index (χ4n) is 1.47. The number of anilines is 1. The van der Waals surface area contributed by atoms with E-state index in [0.717, 1.165) is 24.7 Å². The summed E-state index contributed by atoms with van der Waals surface area (Å²) in [4.78, 5) is 8.22. The summed E-state index contributed by atoms with van der Waals surface area (Å²) in [5, 5.41) is 3.28. The predicted molar refractivity (Wildman–Crippen MR) is 70.4 cm³/mol. The van der Waals surface area contributed by atoms with Crippen molar-refractivity contribution in [2.24, 2.45) is 5.92 Å². The van der Waals surface area contributed by atoms with Gasteiger partial charge in [-0.15, -0.1) is 0 Å². The van der Waals surface area contributed by atoms with Gasteiger partial charge in [0, 0.05) is 12.6 Å². The lowest BCUT2D eigenvalue weighted by Crippen LogP contribution is -2.09. The summed E-state index contributed by atoms with van der Waals surface area (Å²) in [5.74, 6) is 2.21. The molecule has 0 bridgehead atoms. The lowest BCUT2D eigenvalue weighted by atomic mass is 10.1. The van der Waals surface area contributed by atoms with Gasteiger partial charge in [-0.2, -0.15) is 0 Å². The monoisotopic (exact) mass is 237 g/mol. The van der Waals surface area contributed by atoms with E-state index in [0.29, 0.717) is 5.88 Å². The Balaban J connectivity index is 2.37. The number of rotatable bonds is 7. The van der Waals surface area contributed by atoms with Crippen molar-refractivity contribution in [2.45, 2.75) is 46.6 Å². The van der Waals surface area contributed by atoms with E-state index in [2.05, 4.69) is 29.1 Å². The first-order chi connectivity index (χ1) is 8.08. The second-order valence-electron chi connectivity index (χ2n) is 4.87. The highest BCUT2D eigenvalue weighted by atomic mass is 16.5. The number of ether oxygens (including phenoxy) is 1. The molecule has 1 aromatic heterocycles. The molecule has 0 aromatic carbocycles. The third kappa shape index (κ3) is 6.09. The first-order valence-electron chi connectivity index (χ1n) is 6.30. The van der Waals surface area contributed by atoms with Gasteiger partial charge in [-0.25, -0.2) is 9.97 Å². The van der Waals surface area contributed by atoms with Crippen LogP contribution in [0.4, 0.5) is 5.82 Å². The number of hydrogen-bond donors (Lipinski definition) is 1. The van der Waals surface area contributed by atoms with E-state index in [9.17, 15) is 0 Å². The summed E-state index contributed by atoms with van der Waals surface area (Å²) >= 11 is 0. The van der Waals surface area contributed by atoms with Crippen molar-refractivity contribution in [3.8, 4) is 5.88 Å². The minimum atomic E-state index is 0.138. The van der Waals surface area contributed by atoms with Crippen molar-refractivity contribution in [1.82, 2.24) is 9.97 Å². The molecular weight excluding hydrogens is 214 g/mol. The highest BCUT2D eigenvalue weighted by Gasteiger charge is 2.01. The molecule has 0 radical (unpaired) electrons. The van der Waals surface area contributed by atoms with Crippen molar-refractivity contribution in [3.05, 3.63) is 12.4 Å². The van der Waals surface area contributed by atoms with Crippen LogP contribution >= 0.6 is 0 Å². The van der Waals surface area contributed by atoms with Gasteiger partial charge in [-0.1, -0.05) is 13.8 Å². The molecule has 0 fully saturated rings. The molecule has 0 aliphatic heterocycles. The molecule has 0 atom stereocenters. The highest BCUT2D eigenvalue weighted by molar-refractivity contribution is 5.36. The van der Waals surface area contributed by atoms with Gasteiger partial charge in [0.25, 0.3) is 0 Å². The fourth-order valence-corrected chi connectivity index (χ4v) is 1.47. The molecule has 0 unspecified atom stereocenters. The Morgan fingerprint density at radius 3 is 2.65 bits per heavy atom. The van der Waals surface area contributed by atoms with Crippen molar-refractivity contribution in [1.29, 1.82) is 0 Å². The summed E-state index contributed by atoms with van der Waals surface area (Å²) < 4.78 is 5.51. The van der Waals surface area contributed by atoms with Crippen LogP contribution in [-0.2, 0) is 0 Å². The van der Waals surface area contributed by atoms with E-state index in [1.54, 1.807) is 0 Å². The summed E-state index contributed by atoms with van der Waals surface area (Å²) in [6.45, 7) is 9.38. The molecular formula is C13H23N3O. The first-order valence-corrected chi connectivity index (χ1v) is 6.30. The Kier molecular flexibility index (Phi) is 5.73. The number of hydrogen-bond acceptors (Lipinski definition) is 4. The summed E-state index contributed by atoms with van der Waals surface area (Å²) in [6.07, 6.45) is 4.05. The zero-order valence-corrected chi connectivity index (χ0v) is 11.2. The Morgan fingerprint density at radius 1 is 1.24 bits per heavy atom. The van der Waals surface area contributed by atoms with Crippen LogP contribution < -0.4 is 10.1 Å². The van der Waals surface area contributed by atoms with E-state index in [1.807, 2.05) is 19.9 Å². The van der Waals surface area contributed by atoms with Crippen LogP contribution in [0.5, 0.6) is 5.88 Å². The third-order valence-corrected chi connectivity index (χ3v) is 2.26. The molecule has 1 heterocycles. The number of aromatic nitrogens is 2. The standard InChI is InChI=1S/C13H23N3O/c1-10(2)6-5-7-14-12-8-13(16-9-15-12)17-11(3)4/h8-11H,5-7H2,1-4H3,(H,14,15,16). The molecule has 4 nitrogen and oxygen atoms in total. The van der Waals surface area contributed by atoms with E-state index in [4.69, 9.17) is 4.74 Å². The van der Waals surface area contributed by atoms with Gasteiger partial charge < -0.3 is 10.1 Å². The zero-order chi connectivity index (χ0) is 12.7. The van der Waals surface area contributed by atoms with E-state index >= 15 is 0 Å². The van der Waals surface area contributed by atoms with Gasteiger partial charge in [0.15, 0.2) is 0 Å². The van der Waals surface area contributed by atoms with Crippen LogP contribution in [0, 0.1) is 5.92 Å². The first kappa shape index (κ1) is 13.7. The van der Waals surface area contributed by atoms with Gasteiger partial charge in [-0.05, 0) is 32.6 Å². The maximum absolute atomic E-state index is 5.51. The van der Waals surface area contributed by atoms with Gasteiger partial charge in [0.05, 0.1) is 6.10 Å². The van der Waals surface area contributed by atoms with Crippen molar-refractivity contribution >= 4 is 5.82 Å². The van der Waals surface area contributed by atoms with Crippen LogP contribution in [0.1, 0.15) is 40.5 Å². The quantitative estimate of drug-likeness (QED) is 0.740. The molecule has 1 N–H and O–H groups in total. The minimum absolute atomic E-state index is 0.138. The van der Waals surface area contributed by atoms with Gasteiger partial charge in [0.2, 0.25) is 5.88 Å². The lowest BCUT2D eigenvalue weighted by molar-refractivity contribution is 0.232. The largest absolute Gasteiger partial charge is 0.475 e. The Labute approximate surface area is 104 Å². The van der Waals surface area contributed by atoms with Crippen LogP contribution in [-0.4, -0.2) is 22.6 Å². The van der Waals surface area contributed by atoms with E-state index in [1.165, 1.54) is 12.7 Å². The van der Waals surface area contributed by atoms with Crippen molar-refractivity contribution in [3.63, 3.8) is 0 Å². The Bertz CT molecular complexity index is 326. The SMILES string of the molecule is CC(C)CCCNc1cc(OC(C)C)ncn1. The van der Waals surface area contributed by atoms with Crippen molar-refractivity contribution in [2.75, 3.05) is 11.9 Å². The van der Waals surface area contributed by atoms with Gasteiger partial charge >= 0.3 is 0 Å². The third-order valence-electron chi connectivity index (χ3n) is 2.26. The molecule has 17 heavy (non-hydrogen) atoms. The molecule has 4 heteroatoms. The molecule has 0 aliphatic carbocycles. The normalized spacial score (nSPS) is 10.9. The zero-order valence-electron chi connectivity index (χ0n) is 11.2. The average Bonchev–Trinajstić information content (AvgIpc) is 2.24. The average molecular weight is 237 g/mol. The van der Waals surface area contributed by atoms with Crippen LogP contribution in [0.15, 0.2) is 12.4 Å². The fraction of sp³-hybridized carbons (Fsp3) is 0.692. The molecule has 1 rings (SSSR count). The molecule has 0 amide bonds. The van der Waals surface area contributed by atoms with Crippen LogP contribution in [0.3, 0.4) is 0 Å². The molecule has 0 aliphatic rings. The van der Waals surface area contributed by atoms with Crippen LogP contribution in [0.25, 0.3) is 0 Å². The molecule has 0 saturated carbocycles. The number of nitrogens with one attached hydrogen (secondary N) is 1. The summed E-state index contributed by atoms with van der Waals surface area (Å²) in [6, 6.07) is 1.84. The predicted octanol–water partition coefficient (Wildman–Crippen LogP) is 3.11. The van der Waals surface area contributed by atoms with E-state index in [-0.39, 0.29) is 6.10 Å². The van der Waals surface area contributed by atoms with Gasteiger partial charge in [-0.3, -0.25) is 0 Å². The molecule has 0 spiro atoms. The van der Waals surface area contributed by atoms with Crippen molar-refractivity contribution < 1.29 is 4.74 Å². The molecule has 0 saturated heterocycles. The van der Waals surface area contributed by atoms with E-state index < -0.39 is 0 Å². The molecule has 96 valence electrons. The maximum atomic E-state index is 5.51. The smallest absolute Gasteiger partial charge is 0.218 e. The second kappa shape index (κ2) is 7.09. The maximum Gasteiger partial charge on any atom is 0.218 e.